The number of carbonyl (C=O) groups excluding carboxylic acids is 4. The van der Waals surface area contributed by atoms with Crippen molar-refractivity contribution in [3.8, 4) is 0 Å². The molecule has 7 heteroatoms. The highest BCUT2D eigenvalue weighted by Crippen LogP contribution is 2.65. The van der Waals surface area contributed by atoms with Crippen LogP contribution in [0.1, 0.15) is 56.3 Å². The summed E-state index contributed by atoms with van der Waals surface area (Å²) < 4.78 is 5.16. The SMILES string of the molecule is CC(C)OC(=O)c1ccc(NC(=O)CCCCCN2C(=O)C3C4C=CC(C5CC45)C3C2=O)cc1. The molecule has 5 aliphatic rings. The number of likely N-dealkylation sites (tertiary alicyclic amines) is 1. The van der Waals surface area contributed by atoms with Gasteiger partial charge in [-0.1, -0.05) is 18.6 Å². The van der Waals surface area contributed by atoms with E-state index < -0.39 is 0 Å². The fourth-order valence-corrected chi connectivity index (χ4v) is 6.17. The lowest BCUT2D eigenvalue weighted by Crippen LogP contribution is -2.40. The zero-order valence-electron chi connectivity index (χ0n) is 19.7. The van der Waals surface area contributed by atoms with E-state index >= 15 is 0 Å². The molecule has 3 fully saturated rings. The Bertz CT molecular complexity index is 994. The lowest BCUT2D eigenvalue weighted by molar-refractivity contribution is -0.140. The number of benzene rings is 1. The number of hydrogen-bond acceptors (Lipinski definition) is 5. The molecule has 180 valence electrons. The Balaban J connectivity index is 1.03. The number of unbranched alkanes of at least 4 members (excludes halogenated alkanes) is 2. The molecule has 6 rings (SSSR count). The van der Waals surface area contributed by atoms with Gasteiger partial charge in [-0.05, 0) is 81.0 Å². The van der Waals surface area contributed by atoms with Crippen molar-refractivity contribution < 1.29 is 23.9 Å². The monoisotopic (exact) mass is 464 g/mol. The van der Waals surface area contributed by atoms with Crippen molar-refractivity contribution in [3.05, 3.63) is 42.0 Å². The van der Waals surface area contributed by atoms with Gasteiger partial charge < -0.3 is 10.1 Å². The highest BCUT2D eigenvalue weighted by molar-refractivity contribution is 6.06. The average Bonchev–Trinajstić information content (AvgIpc) is 3.59. The molecule has 6 atom stereocenters. The smallest absolute Gasteiger partial charge is 0.338 e. The van der Waals surface area contributed by atoms with E-state index in [0.29, 0.717) is 48.9 Å². The molecular weight excluding hydrogens is 432 g/mol. The van der Waals surface area contributed by atoms with Crippen molar-refractivity contribution in [1.82, 2.24) is 4.90 Å². The Morgan fingerprint density at radius 3 is 2.18 bits per heavy atom. The molecule has 1 aliphatic heterocycles. The number of imide groups is 1. The van der Waals surface area contributed by atoms with Crippen LogP contribution in [0.25, 0.3) is 0 Å². The van der Waals surface area contributed by atoms with Crippen LogP contribution in [-0.2, 0) is 19.1 Å². The Hall–Kier alpha value is -2.96. The largest absolute Gasteiger partial charge is 0.459 e. The standard InChI is InChI=1S/C27H32N2O5/c1-15(2)34-27(33)16-7-9-17(10-8-16)28-22(30)6-4-3-5-13-29-25(31)23-18-11-12-19(21-14-20(18)21)24(23)26(29)32/h7-12,15,18-21,23-24H,3-6,13-14H2,1-2H3,(H,28,30). The van der Waals surface area contributed by atoms with E-state index in [0.717, 1.165) is 6.42 Å². The zero-order chi connectivity index (χ0) is 24.0. The van der Waals surface area contributed by atoms with Gasteiger partial charge in [-0.15, -0.1) is 0 Å². The second-order valence-corrected chi connectivity index (χ2v) is 10.4. The molecule has 0 radical (unpaired) electrons. The van der Waals surface area contributed by atoms with Gasteiger partial charge in [0.15, 0.2) is 0 Å². The summed E-state index contributed by atoms with van der Waals surface area (Å²) in [5.74, 6) is 1.08. The number of anilines is 1. The predicted molar refractivity (Wildman–Crippen MR) is 126 cm³/mol. The molecule has 4 aliphatic carbocycles. The minimum Gasteiger partial charge on any atom is -0.459 e. The Morgan fingerprint density at radius 1 is 0.971 bits per heavy atom. The summed E-state index contributed by atoms with van der Waals surface area (Å²) in [6.07, 6.45) is 7.91. The van der Waals surface area contributed by atoms with Crippen LogP contribution in [0.3, 0.4) is 0 Å². The minimum atomic E-state index is -0.386. The van der Waals surface area contributed by atoms with Gasteiger partial charge in [-0.2, -0.15) is 0 Å². The fraction of sp³-hybridized carbons (Fsp3) is 0.556. The topological polar surface area (TPSA) is 92.8 Å². The number of amides is 3. The van der Waals surface area contributed by atoms with Gasteiger partial charge in [0, 0.05) is 18.7 Å². The van der Waals surface area contributed by atoms with Crippen molar-refractivity contribution in [2.24, 2.45) is 35.5 Å². The number of nitrogens with zero attached hydrogens (tertiary/aromatic N) is 1. The molecule has 34 heavy (non-hydrogen) atoms. The van der Waals surface area contributed by atoms with Crippen molar-refractivity contribution in [3.63, 3.8) is 0 Å². The van der Waals surface area contributed by atoms with Crippen LogP contribution in [0.4, 0.5) is 5.69 Å². The van der Waals surface area contributed by atoms with Crippen LogP contribution in [0, 0.1) is 35.5 Å². The summed E-state index contributed by atoms with van der Waals surface area (Å²) >= 11 is 0. The van der Waals surface area contributed by atoms with Crippen LogP contribution in [-0.4, -0.2) is 41.2 Å². The molecule has 2 bridgehead atoms. The first-order valence-corrected chi connectivity index (χ1v) is 12.5. The Morgan fingerprint density at radius 2 is 1.59 bits per heavy atom. The maximum absolute atomic E-state index is 13.0. The second kappa shape index (κ2) is 9.01. The maximum Gasteiger partial charge on any atom is 0.338 e. The molecule has 3 amide bonds. The third-order valence-electron chi connectivity index (χ3n) is 7.79. The first-order chi connectivity index (χ1) is 16.3. The lowest BCUT2D eigenvalue weighted by Gasteiger charge is -2.37. The van der Waals surface area contributed by atoms with Crippen LogP contribution in [0.2, 0.25) is 0 Å². The first kappa shape index (κ1) is 22.8. The van der Waals surface area contributed by atoms with Gasteiger partial charge in [0.1, 0.15) is 0 Å². The summed E-state index contributed by atoms with van der Waals surface area (Å²) in [5, 5.41) is 2.84. The quantitative estimate of drug-likeness (QED) is 0.260. The van der Waals surface area contributed by atoms with Gasteiger partial charge in [0.05, 0.1) is 23.5 Å². The molecular formula is C27H32N2O5. The third-order valence-corrected chi connectivity index (χ3v) is 7.79. The number of carbonyl (C=O) groups is 4. The Labute approximate surface area is 199 Å². The van der Waals surface area contributed by atoms with E-state index in [9.17, 15) is 19.2 Å². The van der Waals surface area contributed by atoms with Crippen molar-refractivity contribution in [1.29, 1.82) is 0 Å². The lowest BCUT2D eigenvalue weighted by atomic mass is 9.63. The van der Waals surface area contributed by atoms with E-state index in [1.54, 1.807) is 38.1 Å². The normalized spacial score (nSPS) is 30.4. The first-order valence-electron chi connectivity index (χ1n) is 12.5. The summed E-state index contributed by atoms with van der Waals surface area (Å²) in [6, 6.07) is 6.63. The van der Waals surface area contributed by atoms with Crippen molar-refractivity contribution in [2.45, 2.75) is 52.1 Å². The van der Waals surface area contributed by atoms with E-state index in [4.69, 9.17) is 4.74 Å². The van der Waals surface area contributed by atoms with E-state index in [1.165, 1.54) is 11.3 Å². The molecule has 7 nitrogen and oxygen atoms in total. The number of allylic oxidation sites excluding steroid dienone is 2. The fourth-order valence-electron chi connectivity index (χ4n) is 6.17. The van der Waals surface area contributed by atoms with E-state index in [1.807, 2.05) is 0 Å². The van der Waals surface area contributed by atoms with Gasteiger partial charge in [-0.3, -0.25) is 19.3 Å². The number of nitrogens with one attached hydrogen (secondary N) is 1. The summed E-state index contributed by atoms with van der Waals surface area (Å²) in [5.41, 5.74) is 1.07. The van der Waals surface area contributed by atoms with Gasteiger partial charge >= 0.3 is 5.97 Å². The molecule has 1 aromatic carbocycles. The minimum absolute atomic E-state index is 0.0261. The van der Waals surface area contributed by atoms with E-state index in [2.05, 4.69) is 17.5 Å². The molecule has 1 saturated heterocycles. The molecule has 1 aromatic rings. The van der Waals surface area contributed by atoms with Gasteiger partial charge in [0.2, 0.25) is 17.7 Å². The predicted octanol–water partition coefficient (Wildman–Crippen LogP) is 3.80. The number of rotatable bonds is 9. The molecule has 1 heterocycles. The summed E-state index contributed by atoms with van der Waals surface area (Å²) in [7, 11) is 0. The molecule has 6 unspecified atom stereocenters. The highest BCUT2D eigenvalue weighted by Gasteiger charge is 2.66. The highest BCUT2D eigenvalue weighted by atomic mass is 16.5. The second-order valence-electron chi connectivity index (χ2n) is 10.4. The number of hydrogen-bond donors (Lipinski definition) is 1. The van der Waals surface area contributed by atoms with Gasteiger partial charge in [-0.25, -0.2) is 4.79 Å². The summed E-state index contributed by atoms with van der Waals surface area (Å²) in [6.45, 7) is 4.04. The van der Waals surface area contributed by atoms with E-state index in [-0.39, 0.29) is 53.5 Å². The van der Waals surface area contributed by atoms with Gasteiger partial charge in [0.25, 0.3) is 0 Å². The van der Waals surface area contributed by atoms with Crippen molar-refractivity contribution >= 4 is 29.4 Å². The van der Waals surface area contributed by atoms with Crippen LogP contribution >= 0.6 is 0 Å². The average molecular weight is 465 g/mol. The zero-order valence-corrected chi connectivity index (χ0v) is 19.7. The molecule has 0 aromatic heterocycles. The third kappa shape index (κ3) is 4.17. The van der Waals surface area contributed by atoms with Crippen molar-refractivity contribution in [2.75, 3.05) is 11.9 Å². The van der Waals surface area contributed by atoms with Crippen LogP contribution in [0.5, 0.6) is 0 Å². The molecule has 2 saturated carbocycles. The maximum atomic E-state index is 13.0. The number of ether oxygens (including phenoxy) is 1. The molecule has 0 spiro atoms. The number of esters is 1. The molecule has 1 N–H and O–H groups in total. The van der Waals surface area contributed by atoms with Crippen LogP contribution < -0.4 is 5.32 Å². The summed E-state index contributed by atoms with van der Waals surface area (Å²) in [4.78, 5) is 51.6. The Kier molecular flexibility index (Phi) is 6.04. The van der Waals surface area contributed by atoms with Crippen LogP contribution in [0.15, 0.2) is 36.4 Å².